The Hall–Kier alpha value is -1.66. The Morgan fingerprint density at radius 3 is 3.12 bits per heavy atom. The summed E-state index contributed by atoms with van der Waals surface area (Å²) in [6.45, 7) is 2.28. The highest BCUT2D eigenvalue weighted by Crippen LogP contribution is 2.18. The summed E-state index contributed by atoms with van der Waals surface area (Å²) in [6, 6.07) is 1.90. The van der Waals surface area contributed by atoms with Gasteiger partial charge in [0.15, 0.2) is 0 Å². The third kappa shape index (κ3) is 2.92. The van der Waals surface area contributed by atoms with Gasteiger partial charge in [-0.1, -0.05) is 0 Å². The van der Waals surface area contributed by atoms with Gasteiger partial charge in [-0.25, -0.2) is 4.98 Å². The van der Waals surface area contributed by atoms with Crippen molar-refractivity contribution in [2.45, 2.75) is 13.0 Å². The number of aryl methyl sites for hydroxylation is 1. The highest BCUT2D eigenvalue weighted by Gasteiger charge is 2.09. The van der Waals surface area contributed by atoms with Crippen LogP contribution < -0.4 is 11.1 Å². The first-order chi connectivity index (χ1) is 8.16. The van der Waals surface area contributed by atoms with Gasteiger partial charge < -0.3 is 16.2 Å². The van der Waals surface area contributed by atoms with E-state index in [4.69, 9.17) is 5.73 Å². The molecule has 2 aromatic heterocycles. The van der Waals surface area contributed by atoms with E-state index in [2.05, 4.69) is 15.3 Å². The molecule has 0 bridgehead atoms. The van der Waals surface area contributed by atoms with Crippen molar-refractivity contribution in [2.75, 3.05) is 17.6 Å². The maximum Gasteiger partial charge on any atom is 0.221 e. The van der Waals surface area contributed by atoms with Crippen molar-refractivity contribution in [3.63, 3.8) is 0 Å². The zero-order valence-electron chi connectivity index (χ0n) is 9.42. The minimum Gasteiger partial charge on any atom is -0.387 e. The van der Waals surface area contributed by atoms with Crippen molar-refractivity contribution in [2.24, 2.45) is 0 Å². The molecule has 2 aromatic rings. The number of hydrogen-bond donors (Lipinski definition) is 3. The number of thiophene rings is 1. The van der Waals surface area contributed by atoms with E-state index in [9.17, 15) is 5.11 Å². The van der Waals surface area contributed by atoms with Crippen LogP contribution in [0.5, 0.6) is 0 Å². The minimum atomic E-state index is -0.545. The molecule has 1 atom stereocenters. The van der Waals surface area contributed by atoms with Crippen LogP contribution in [0.1, 0.15) is 17.2 Å². The lowest BCUT2D eigenvalue weighted by Crippen LogP contribution is -2.14. The fraction of sp³-hybridized carbons (Fsp3) is 0.273. The Bertz CT molecular complexity index is 486. The predicted octanol–water partition coefficient (Wildman–Crippen LogP) is 1.57. The standard InChI is InChI=1S/C11H14N4OS/c1-7-4-14-11(12)15-10(7)13-5-9(16)8-2-3-17-6-8/h2-4,6,9,16H,5H2,1H3,(H3,12,13,14,15). The summed E-state index contributed by atoms with van der Waals surface area (Å²) >= 11 is 1.56. The van der Waals surface area contributed by atoms with Gasteiger partial charge in [-0.05, 0) is 29.3 Å². The largest absolute Gasteiger partial charge is 0.387 e. The van der Waals surface area contributed by atoms with Gasteiger partial charge in [-0.2, -0.15) is 16.3 Å². The van der Waals surface area contributed by atoms with Crippen LogP contribution in [0.25, 0.3) is 0 Å². The number of aliphatic hydroxyl groups is 1. The van der Waals surface area contributed by atoms with E-state index in [-0.39, 0.29) is 5.95 Å². The molecule has 6 heteroatoms. The van der Waals surface area contributed by atoms with Crippen LogP contribution in [0.4, 0.5) is 11.8 Å². The zero-order chi connectivity index (χ0) is 12.3. The molecule has 0 radical (unpaired) electrons. The molecule has 0 fully saturated rings. The molecule has 90 valence electrons. The predicted molar refractivity (Wildman–Crippen MR) is 68.9 cm³/mol. The van der Waals surface area contributed by atoms with Crippen molar-refractivity contribution < 1.29 is 5.11 Å². The molecular formula is C11H14N4OS. The molecule has 2 rings (SSSR count). The molecule has 0 saturated carbocycles. The summed E-state index contributed by atoms with van der Waals surface area (Å²) in [5.41, 5.74) is 7.31. The van der Waals surface area contributed by atoms with Crippen LogP contribution in [0, 0.1) is 6.92 Å². The quantitative estimate of drug-likeness (QED) is 0.767. The molecule has 0 saturated heterocycles. The Morgan fingerprint density at radius 1 is 1.59 bits per heavy atom. The number of aliphatic hydroxyl groups excluding tert-OH is 1. The lowest BCUT2D eigenvalue weighted by molar-refractivity contribution is 0.192. The van der Waals surface area contributed by atoms with Gasteiger partial charge in [0.2, 0.25) is 5.95 Å². The number of anilines is 2. The van der Waals surface area contributed by atoms with Crippen LogP contribution in [0.2, 0.25) is 0 Å². The summed E-state index contributed by atoms with van der Waals surface area (Å²) in [5, 5.41) is 16.8. The summed E-state index contributed by atoms with van der Waals surface area (Å²) in [4.78, 5) is 7.96. The smallest absolute Gasteiger partial charge is 0.221 e. The molecule has 0 amide bonds. The van der Waals surface area contributed by atoms with Gasteiger partial charge in [0.1, 0.15) is 5.82 Å². The topological polar surface area (TPSA) is 84.1 Å². The lowest BCUT2D eigenvalue weighted by atomic mass is 10.2. The number of rotatable bonds is 4. The fourth-order valence-electron chi connectivity index (χ4n) is 1.41. The molecule has 4 N–H and O–H groups in total. The van der Waals surface area contributed by atoms with Crippen LogP contribution in [0.3, 0.4) is 0 Å². The number of nitrogen functional groups attached to an aromatic ring is 1. The van der Waals surface area contributed by atoms with Crippen molar-refractivity contribution in [3.8, 4) is 0 Å². The van der Waals surface area contributed by atoms with E-state index in [1.807, 2.05) is 23.8 Å². The third-order valence-corrected chi connectivity index (χ3v) is 3.08. The number of aromatic nitrogens is 2. The molecule has 0 spiro atoms. The first-order valence-electron chi connectivity index (χ1n) is 5.20. The molecule has 0 aliphatic rings. The Labute approximate surface area is 103 Å². The monoisotopic (exact) mass is 250 g/mol. The van der Waals surface area contributed by atoms with Crippen LogP contribution >= 0.6 is 11.3 Å². The van der Waals surface area contributed by atoms with Gasteiger partial charge in [0.25, 0.3) is 0 Å². The third-order valence-electron chi connectivity index (χ3n) is 2.38. The van der Waals surface area contributed by atoms with Gasteiger partial charge in [-0.3, -0.25) is 0 Å². The minimum absolute atomic E-state index is 0.225. The normalized spacial score (nSPS) is 12.4. The Kier molecular flexibility index (Phi) is 3.55. The lowest BCUT2D eigenvalue weighted by Gasteiger charge is -2.12. The van der Waals surface area contributed by atoms with Crippen molar-refractivity contribution in [3.05, 3.63) is 34.2 Å². The SMILES string of the molecule is Cc1cnc(N)nc1NCC(O)c1ccsc1. The molecule has 2 heterocycles. The highest BCUT2D eigenvalue weighted by atomic mass is 32.1. The van der Waals surface area contributed by atoms with Crippen LogP contribution in [0.15, 0.2) is 23.0 Å². The Balaban J connectivity index is 2.00. The summed E-state index contributed by atoms with van der Waals surface area (Å²) < 4.78 is 0. The maximum atomic E-state index is 9.90. The fourth-order valence-corrected chi connectivity index (χ4v) is 2.12. The van der Waals surface area contributed by atoms with E-state index in [0.29, 0.717) is 12.4 Å². The second-order valence-electron chi connectivity index (χ2n) is 3.71. The van der Waals surface area contributed by atoms with E-state index in [0.717, 1.165) is 11.1 Å². The highest BCUT2D eigenvalue weighted by molar-refractivity contribution is 7.07. The second kappa shape index (κ2) is 5.11. The maximum absolute atomic E-state index is 9.90. The number of hydrogen-bond acceptors (Lipinski definition) is 6. The van der Waals surface area contributed by atoms with Gasteiger partial charge >= 0.3 is 0 Å². The molecular weight excluding hydrogens is 236 g/mol. The summed E-state index contributed by atoms with van der Waals surface area (Å²) in [7, 11) is 0. The van der Waals surface area contributed by atoms with Crippen LogP contribution in [-0.4, -0.2) is 21.6 Å². The molecule has 5 nitrogen and oxygen atoms in total. The van der Waals surface area contributed by atoms with E-state index < -0.39 is 6.10 Å². The van der Waals surface area contributed by atoms with E-state index >= 15 is 0 Å². The average Bonchev–Trinajstić information content (AvgIpc) is 2.83. The summed E-state index contributed by atoms with van der Waals surface area (Å²) in [5.74, 6) is 0.884. The molecule has 0 aromatic carbocycles. The molecule has 17 heavy (non-hydrogen) atoms. The second-order valence-corrected chi connectivity index (χ2v) is 4.49. The van der Waals surface area contributed by atoms with E-state index in [1.54, 1.807) is 17.5 Å². The van der Waals surface area contributed by atoms with E-state index in [1.165, 1.54) is 0 Å². The van der Waals surface area contributed by atoms with Crippen molar-refractivity contribution in [1.82, 2.24) is 9.97 Å². The van der Waals surface area contributed by atoms with Crippen molar-refractivity contribution >= 4 is 23.1 Å². The number of nitrogens with two attached hydrogens (primary N) is 1. The Morgan fingerprint density at radius 2 is 2.41 bits per heavy atom. The van der Waals surface area contributed by atoms with Gasteiger partial charge in [0.05, 0.1) is 6.10 Å². The van der Waals surface area contributed by atoms with Gasteiger partial charge in [0, 0.05) is 18.3 Å². The first-order valence-corrected chi connectivity index (χ1v) is 6.14. The summed E-state index contributed by atoms with van der Waals surface area (Å²) in [6.07, 6.45) is 1.11. The number of nitrogens with one attached hydrogen (secondary N) is 1. The number of nitrogens with zero attached hydrogens (tertiary/aromatic N) is 2. The molecule has 0 aliphatic carbocycles. The zero-order valence-corrected chi connectivity index (χ0v) is 10.2. The molecule has 0 aliphatic heterocycles. The van der Waals surface area contributed by atoms with Crippen molar-refractivity contribution in [1.29, 1.82) is 0 Å². The van der Waals surface area contributed by atoms with Crippen LogP contribution in [-0.2, 0) is 0 Å². The average molecular weight is 250 g/mol. The first kappa shape index (κ1) is 11.8. The van der Waals surface area contributed by atoms with Gasteiger partial charge in [-0.15, -0.1) is 0 Å². The molecule has 1 unspecified atom stereocenters.